The zero-order chi connectivity index (χ0) is 27.0. The molecule has 14 heteroatoms. The molecule has 0 saturated heterocycles. The van der Waals surface area contributed by atoms with Gasteiger partial charge in [-0.2, -0.15) is 13.2 Å². The molecule has 1 atom stereocenters. The highest BCUT2D eigenvalue weighted by Crippen LogP contribution is 2.39. The van der Waals surface area contributed by atoms with Gasteiger partial charge in [0.05, 0.1) is 21.9 Å². The van der Waals surface area contributed by atoms with Gasteiger partial charge in [0, 0.05) is 11.3 Å². The fourth-order valence-corrected chi connectivity index (χ4v) is 7.36. The van der Waals surface area contributed by atoms with Crippen molar-refractivity contribution >= 4 is 49.3 Å². The van der Waals surface area contributed by atoms with E-state index in [1.54, 1.807) is 11.4 Å². The lowest BCUT2D eigenvalue weighted by Crippen LogP contribution is -2.20. The van der Waals surface area contributed by atoms with E-state index in [-0.39, 0.29) is 24.1 Å². The van der Waals surface area contributed by atoms with Gasteiger partial charge in [0.2, 0.25) is 20.9 Å². The molecule has 0 fully saturated rings. The summed E-state index contributed by atoms with van der Waals surface area (Å²) in [4.78, 5) is 33.1. The van der Waals surface area contributed by atoms with Crippen molar-refractivity contribution in [3.05, 3.63) is 45.3 Å². The van der Waals surface area contributed by atoms with Crippen LogP contribution in [0.15, 0.2) is 28.7 Å². The normalized spacial score (nSPS) is 15.8. The third kappa shape index (κ3) is 6.18. The fraction of sp³-hybridized carbons (Fsp3) is 0.391. The number of fused-ring (bicyclic) bond motifs is 1. The Labute approximate surface area is 219 Å². The summed E-state index contributed by atoms with van der Waals surface area (Å²) in [5, 5.41) is 3.67. The second kappa shape index (κ2) is 10.5. The largest absolute Gasteiger partial charge is 0.433 e. The van der Waals surface area contributed by atoms with Crippen LogP contribution in [0.25, 0.3) is 10.6 Å². The first-order valence-corrected chi connectivity index (χ1v) is 14.7. The Hall–Kier alpha value is -2.84. The van der Waals surface area contributed by atoms with E-state index in [1.807, 2.05) is 0 Å². The minimum Gasteiger partial charge on any atom is -0.365 e. The van der Waals surface area contributed by atoms with Gasteiger partial charge in [0.1, 0.15) is 10.7 Å². The fourth-order valence-electron chi connectivity index (χ4n) is 4.06. The molecule has 0 aliphatic heterocycles. The smallest absolute Gasteiger partial charge is 0.365 e. The number of hydrogen-bond donors (Lipinski definition) is 2. The molecule has 3 N–H and O–H groups in total. The van der Waals surface area contributed by atoms with Crippen LogP contribution in [0.3, 0.4) is 0 Å². The van der Waals surface area contributed by atoms with Crippen LogP contribution < -0.4 is 11.1 Å². The van der Waals surface area contributed by atoms with E-state index < -0.39 is 44.4 Å². The Morgan fingerprint density at radius 3 is 2.68 bits per heavy atom. The average molecular weight is 573 g/mol. The quantitative estimate of drug-likeness (QED) is 0.376. The van der Waals surface area contributed by atoms with Crippen LogP contribution in [0.5, 0.6) is 0 Å². The topological polar surface area (TPSA) is 132 Å². The van der Waals surface area contributed by atoms with Crippen molar-refractivity contribution < 1.29 is 31.2 Å². The Morgan fingerprint density at radius 1 is 1.27 bits per heavy atom. The minimum absolute atomic E-state index is 0.149. The van der Waals surface area contributed by atoms with Crippen LogP contribution in [-0.4, -0.2) is 36.0 Å². The molecule has 0 saturated carbocycles. The molecule has 8 nitrogen and oxygen atoms in total. The van der Waals surface area contributed by atoms with Crippen molar-refractivity contribution in [2.75, 3.05) is 11.1 Å². The number of amides is 2. The Bertz CT molecular complexity index is 1430. The molecule has 37 heavy (non-hydrogen) atoms. The van der Waals surface area contributed by atoms with Crippen molar-refractivity contribution in [3.63, 3.8) is 0 Å². The van der Waals surface area contributed by atoms with Gasteiger partial charge < -0.3 is 11.1 Å². The summed E-state index contributed by atoms with van der Waals surface area (Å²) < 4.78 is 65.7. The van der Waals surface area contributed by atoms with Gasteiger partial charge in [-0.05, 0) is 54.7 Å². The van der Waals surface area contributed by atoms with Gasteiger partial charge in [-0.15, -0.1) is 22.7 Å². The summed E-state index contributed by atoms with van der Waals surface area (Å²) in [7, 11) is -4.32. The summed E-state index contributed by atoms with van der Waals surface area (Å²) in [5.41, 5.74) is 5.16. The second-order valence-electron chi connectivity index (χ2n) is 8.79. The van der Waals surface area contributed by atoms with Crippen molar-refractivity contribution in [1.29, 1.82) is 0 Å². The molecule has 4 rings (SSSR count). The molecule has 0 aromatic carbocycles. The van der Waals surface area contributed by atoms with Gasteiger partial charge in [-0.1, -0.05) is 13.0 Å². The molecule has 1 unspecified atom stereocenters. The lowest BCUT2D eigenvalue weighted by molar-refractivity contribution is -0.141. The highest BCUT2D eigenvalue weighted by atomic mass is 32.2. The number of anilines is 1. The monoisotopic (exact) mass is 572 g/mol. The Balaban J connectivity index is 1.47. The van der Waals surface area contributed by atoms with Crippen LogP contribution >= 0.6 is 22.7 Å². The number of rotatable bonds is 8. The predicted octanol–water partition coefficient (Wildman–Crippen LogP) is 4.70. The third-order valence-corrected chi connectivity index (χ3v) is 9.50. The van der Waals surface area contributed by atoms with Crippen molar-refractivity contribution in [1.82, 2.24) is 9.97 Å². The standard InChI is InChI=1S/C23H23F3N4O4S3/c1-12-6-7-13-16(10-12)36-21(19(13)20(27)32)30-18(31)5-3-9-37(33,34)22-28-14(15-4-2-8-35-15)11-17(29-22)23(24,25)26/h2,4,8,11-12H,3,5-7,9-10H2,1H3,(H2,27,32)(H,30,31). The molecule has 2 amide bonds. The molecule has 198 valence electrons. The summed E-state index contributed by atoms with van der Waals surface area (Å²) in [5.74, 6) is -1.37. The predicted molar refractivity (Wildman–Crippen MR) is 134 cm³/mol. The summed E-state index contributed by atoms with van der Waals surface area (Å²) >= 11 is 2.40. The van der Waals surface area contributed by atoms with Gasteiger partial charge in [0.15, 0.2) is 0 Å². The minimum atomic E-state index is -4.87. The number of primary amides is 1. The Morgan fingerprint density at radius 2 is 2.03 bits per heavy atom. The molecule has 1 aliphatic rings. The zero-order valence-corrected chi connectivity index (χ0v) is 22.0. The third-order valence-electron chi connectivity index (χ3n) is 5.88. The number of nitrogens with two attached hydrogens (primary N) is 1. The van der Waals surface area contributed by atoms with Crippen molar-refractivity contribution in [2.45, 2.75) is 50.4 Å². The molecular weight excluding hydrogens is 549 g/mol. The number of carbonyl (C=O) groups is 2. The number of alkyl halides is 3. The van der Waals surface area contributed by atoms with Crippen molar-refractivity contribution in [2.24, 2.45) is 11.7 Å². The molecule has 0 bridgehead atoms. The number of nitrogens with one attached hydrogen (secondary N) is 1. The van der Waals surface area contributed by atoms with Gasteiger partial charge in [-0.3, -0.25) is 9.59 Å². The highest BCUT2D eigenvalue weighted by molar-refractivity contribution is 7.91. The number of aromatic nitrogens is 2. The SMILES string of the molecule is CC1CCc2c(sc(NC(=O)CCCS(=O)(=O)c3nc(-c4cccs4)cc(C(F)(F)F)n3)c2C(N)=O)C1. The zero-order valence-electron chi connectivity index (χ0n) is 19.6. The number of sulfone groups is 1. The van der Waals surface area contributed by atoms with E-state index in [2.05, 4.69) is 22.2 Å². The first-order valence-electron chi connectivity index (χ1n) is 11.3. The maximum atomic E-state index is 13.4. The first kappa shape index (κ1) is 27.2. The van der Waals surface area contributed by atoms with E-state index in [0.29, 0.717) is 28.3 Å². The highest BCUT2D eigenvalue weighted by Gasteiger charge is 2.35. The van der Waals surface area contributed by atoms with Crippen LogP contribution in [0.2, 0.25) is 0 Å². The van der Waals surface area contributed by atoms with Gasteiger partial charge in [0.25, 0.3) is 5.91 Å². The van der Waals surface area contributed by atoms with Gasteiger partial charge in [-0.25, -0.2) is 18.4 Å². The summed E-state index contributed by atoms with van der Waals surface area (Å²) in [6.45, 7) is 2.10. The number of thiophene rings is 2. The van der Waals surface area contributed by atoms with E-state index in [9.17, 15) is 31.2 Å². The number of nitrogens with zero attached hydrogens (tertiary/aromatic N) is 2. The van der Waals surface area contributed by atoms with E-state index in [0.717, 1.165) is 34.6 Å². The summed E-state index contributed by atoms with van der Waals surface area (Å²) in [6, 6.07) is 3.84. The van der Waals surface area contributed by atoms with Crippen LogP contribution in [0.1, 0.15) is 52.7 Å². The molecule has 3 aromatic heterocycles. The lowest BCUT2D eigenvalue weighted by Gasteiger charge is -2.18. The summed E-state index contributed by atoms with van der Waals surface area (Å²) in [6.07, 6.45) is -2.93. The van der Waals surface area contributed by atoms with Crippen LogP contribution in [0.4, 0.5) is 18.2 Å². The molecule has 0 radical (unpaired) electrons. The van der Waals surface area contributed by atoms with E-state index >= 15 is 0 Å². The molecule has 3 aromatic rings. The first-order chi connectivity index (χ1) is 17.3. The van der Waals surface area contributed by atoms with Crippen LogP contribution in [0, 0.1) is 5.92 Å². The molecular formula is C23H23F3N4O4S3. The average Bonchev–Trinajstić information content (AvgIpc) is 3.45. The van der Waals surface area contributed by atoms with Crippen molar-refractivity contribution in [3.8, 4) is 10.6 Å². The second-order valence-corrected chi connectivity index (χ2v) is 12.8. The Kier molecular flexibility index (Phi) is 7.72. The van der Waals surface area contributed by atoms with E-state index in [4.69, 9.17) is 5.73 Å². The van der Waals surface area contributed by atoms with E-state index in [1.165, 1.54) is 17.4 Å². The number of halogens is 3. The molecule has 0 spiro atoms. The maximum Gasteiger partial charge on any atom is 0.433 e. The number of carbonyl (C=O) groups excluding carboxylic acids is 2. The van der Waals surface area contributed by atoms with Gasteiger partial charge >= 0.3 is 6.18 Å². The maximum absolute atomic E-state index is 13.4. The lowest BCUT2D eigenvalue weighted by atomic mass is 9.88. The molecule has 1 aliphatic carbocycles. The van der Waals surface area contributed by atoms with Crippen LogP contribution in [-0.2, 0) is 33.6 Å². The number of hydrogen-bond acceptors (Lipinski definition) is 8. The molecule has 3 heterocycles.